The van der Waals surface area contributed by atoms with Crippen LogP contribution in [-0.4, -0.2) is 58.6 Å². The summed E-state index contributed by atoms with van der Waals surface area (Å²) in [7, 11) is 0. The van der Waals surface area contributed by atoms with E-state index in [-0.39, 0.29) is 12.5 Å². The Morgan fingerprint density at radius 2 is 2.17 bits per heavy atom. The fourth-order valence-electron chi connectivity index (χ4n) is 3.46. The van der Waals surface area contributed by atoms with Gasteiger partial charge in [-0.1, -0.05) is 31.5 Å². The largest absolute Gasteiger partial charge is 0.395 e. The topological polar surface area (TPSA) is 59.6 Å². The summed E-state index contributed by atoms with van der Waals surface area (Å²) < 4.78 is 0. The van der Waals surface area contributed by atoms with Gasteiger partial charge >= 0.3 is 0 Å². The minimum absolute atomic E-state index is 0.101. The van der Waals surface area contributed by atoms with E-state index < -0.39 is 0 Å². The predicted octanol–water partition coefficient (Wildman–Crippen LogP) is 2.15. The normalized spacial score (nSPS) is 14.4. The van der Waals surface area contributed by atoms with E-state index in [0.29, 0.717) is 19.6 Å². The van der Waals surface area contributed by atoms with E-state index in [1.165, 1.54) is 16.6 Å². The number of nitrogens with zero attached hydrogens (tertiary/aromatic N) is 2. The van der Waals surface area contributed by atoms with E-state index in [1.54, 1.807) is 0 Å². The fraction of sp³-hybridized carbons (Fsp3) is 0.526. The number of para-hydroxylation sites is 1. The molecular formula is C19H27N3O2. The van der Waals surface area contributed by atoms with E-state index in [9.17, 15) is 9.90 Å². The molecule has 1 amide bonds. The molecule has 5 heteroatoms. The molecule has 0 saturated heterocycles. The van der Waals surface area contributed by atoms with Gasteiger partial charge in [0.05, 0.1) is 13.2 Å². The maximum absolute atomic E-state index is 12.7. The van der Waals surface area contributed by atoms with Crippen LogP contribution in [-0.2, 0) is 17.8 Å². The smallest absolute Gasteiger partial charge is 0.237 e. The molecule has 1 aromatic carbocycles. The van der Waals surface area contributed by atoms with Crippen LogP contribution in [0, 0.1) is 0 Å². The summed E-state index contributed by atoms with van der Waals surface area (Å²) >= 11 is 0. The van der Waals surface area contributed by atoms with Crippen LogP contribution in [0.25, 0.3) is 10.9 Å². The van der Waals surface area contributed by atoms with Crippen LogP contribution in [0.1, 0.15) is 31.0 Å². The molecule has 3 rings (SSSR count). The minimum Gasteiger partial charge on any atom is -0.395 e. The van der Waals surface area contributed by atoms with Crippen molar-refractivity contribution in [1.29, 1.82) is 0 Å². The molecule has 0 spiro atoms. The van der Waals surface area contributed by atoms with Crippen molar-refractivity contribution in [3.05, 3.63) is 35.5 Å². The van der Waals surface area contributed by atoms with Crippen molar-refractivity contribution in [2.75, 3.05) is 32.8 Å². The number of nitrogens with one attached hydrogen (secondary N) is 1. The second kappa shape index (κ2) is 7.81. The number of rotatable bonds is 7. The zero-order valence-corrected chi connectivity index (χ0v) is 14.4. The number of amides is 1. The maximum Gasteiger partial charge on any atom is 0.237 e. The number of carbonyl (C=O) groups is 1. The Bertz CT molecular complexity index is 695. The van der Waals surface area contributed by atoms with Crippen LogP contribution < -0.4 is 0 Å². The molecule has 1 aliphatic heterocycles. The third kappa shape index (κ3) is 3.62. The second-order valence-corrected chi connectivity index (χ2v) is 6.55. The zero-order valence-electron chi connectivity index (χ0n) is 14.4. The third-order valence-electron chi connectivity index (χ3n) is 4.84. The van der Waals surface area contributed by atoms with E-state index >= 15 is 0 Å². The highest BCUT2D eigenvalue weighted by Crippen LogP contribution is 2.27. The van der Waals surface area contributed by atoms with Gasteiger partial charge in [0.15, 0.2) is 0 Å². The first kappa shape index (κ1) is 17.0. The fourth-order valence-corrected chi connectivity index (χ4v) is 3.46. The summed E-state index contributed by atoms with van der Waals surface area (Å²) in [5.74, 6) is 0.162. The SMILES string of the molecule is CCCCN(CCO)CC(=O)N1CCc2[nH]c3ccccc3c2C1. The van der Waals surface area contributed by atoms with Crippen LogP contribution in [0.2, 0.25) is 0 Å². The lowest BCUT2D eigenvalue weighted by atomic mass is 10.0. The van der Waals surface area contributed by atoms with Gasteiger partial charge in [-0.15, -0.1) is 0 Å². The maximum atomic E-state index is 12.7. The number of hydrogen-bond donors (Lipinski definition) is 2. The molecule has 2 heterocycles. The molecule has 130 valence electrons. The van der Waals surface area contributed by atoms with Gasteiger partial charge in [-0.2, -0.15) is 0 Å². The zero-order chi connectivity index (χ0) is 16.9. The number of fused-ring (bicyclic) bond motifs is 3. The average Bonchev–Trinajstić information content (AvgIpc) is 2.97. The van der Waals surface area contributed by atoms with Crippen molar-refractivity contribution >= 4 is 16.8 Å². The molecule has 2 N–H and O–H groups in total. The van der Waals surface area contributed by atoms with Gasteiger partial charge in [0, 0.05) is 48.2 Å². The van der Waals surface area contributed by atoms with Crippen molar-refractivity contribution in [2.45, 2.75) is 32.7 Å². The summed E-state index contributed by atoms with van der Waals surface area (Å²) in [4.78, 5) is 20.2. The van der Waals surface area contributed by atoms with Crippen molar-refractivity contribution < 1.29 is 9.90 Å². The molecule has 0 atom stereocenters. The lowest BCUT2D eigenvalue weighted by Gasteiger charge is -2.30. The summed E-state index contributed by atoms with van der Waals surface area (Å²) in [5, 5.41) is 10.4. The van der Waals surface area contributed by atoms with Gasteiger partial charge in [0.1, 0.15) is 0 Å². The van der Waals surface area contributed by atoms with Crippen LogP contribution in [0.15, 0.2) is 24.3 Å². The summed E-state index contributed by atoms with van der Waals surface area (Å²) in [5.41, 5.74) is 3.67. The number of unbranched alkanes of at least 4 members (excludes halogenated alkanes) is 1. The standard InChI is InChI=1S/C19H27N3O2/c1-2-3-9-21(11-12-23)14-19(24)22-10-8-18-16(13-22)15-6-4-5-7-17(15)20-18/h4-7,20,23H,2-3,8-14H2,1H3. The lowest BCUT2D eigenvalue weighted by Crippen LogP contribution is -2.43. The molecule has 0 unspecified atom stereocenters. The van der Waals surface area contributed by atoms with Crippen molar-refractivity contribution in [2.24, 2.45) is 0 Å². The van der Waals surface area contributed by atoms with Crippen molar-refractivity contribution in [1.82, 2.24) is 14.8 Å². The van der Waals surface area contributed by atoms with Crippen LogP contribution in [0.5, 0.6) is 0 Å². The van der Waals surface area contributed by atoms with Gasteiger partial charge < -0.3 is 15.0 Å². The minimum atomic E-state index is 0.101. The summed E-state index contributed by atoms with van der Waals surface area (Å²) in [6.45, 7) is 5.52. The number of carbonyl (C=O) groups excluding carboxylic acids is 1. The van der Waals surface area contributed by atoms with Gasteiger partial charge in [-0.25, -0.2) is 0 Å². The second-order valence-electron chi connectivity index (χ2n) is 6.55. The molecule has 1 aromatic heterocycles. The molecule has 5 nitrogen and oxygen atoms in total. The number of aliphatic hydroxyl groups is 1. The molecule has 1 aliphatic rings. The first-order valence-corrected chi connectivity index (χ1v) is 8.92. The number of benzene rings is 1. The molecule has 2 aromatic rings. The molecular weight excluding hydrogens is 302 g/mol. The first-order valence-electron chi connectivity index (χ1n) is 8.92. The number of hydrogen-bond acceptors (Lipinski definition) is 3. The molecule has 0 radical (unpaired) electrons. The van der Waals surface area contributed by atoms with Gasteiger partial charge in [0.2, 0.25) is 5.91 Å². The Kier molecular flexibility index (Phi) is 5.53. The molecule has 0 fully saturated rings. The molecule has 0 saturated carbocycles. The van der Waals surface area contributed by atoms with Crippen LogP contribution >= 0.6 is 0 Å². The molecule has 24 heavy (non-hydrogen) atoms. The number of aromatic amines is 1. The van der Waals surface area contributed by atoms with Gasteiger partial charge in [-0.05, 0) is 19.0 Å². The third-order valence-corrected chi connectivity index (χ3v) is 4.84. The lowest BCUT2D eigenvalue weighted by molar-refractivity contribution is -0.133. The van der Waals surface area contributed by atoms with Crippen LogP contribution in [0.4, 0.5) is 0 Å². The van der Waals surface area contributed by atoms with Crippen molar-refractivity contribution in [3.63, 3.8) is 0 Å². The summed E-state index contributed by atoms with van der Waals surface area (Å²) in [6, 6.07) is 8.30. The molecule has 0 aliphatic carbocycles. The Labute approximate surface area is 143 Å². The Morgan fingerprint density at radius 1 is 1.33 bits per heavy atom. The number of aromatic nitrogens is 1. The molecule has 0 bridgehead atoms. The van der Waals surface area contributed by atoms with E-state index in [0.717, 1.165) is 37.9 Å². The monoisotopic (exact) mass is 329 g/mol. The first-order chi connectivity index (χ1) is 11.7. The Hall–Kier alpha value is -1.85. The van der Waals surface area contributed by atoms with E-state index in [4.69, 9.17) is 0 Å². The summed E-state index contributed by atoms with van der Waals surface area (Å²) in [6.07, 6.45) is 3.03. The Morgan fingerprint density at radius 3 is 2.96 bits per heavy atom. The van der Waals surface area contributed by atoms with E-state index in [2.05, 4.69) is 28.9 Å². The van der Waals surface area contributed by atoms with Gasteiger partial charge in [-0.3, -0.25) is 9.69 Å². The highest BCUT2D eigenvalue weighted by Gasteiger charge is 2.24. The van der Waals surface area contributed by atoms with Gasteiger partial charge in [0.25, 0.3) is 0 Å². The Balaban J connectivity index is 1.68. The highest BCUT2D eigenvalue weighted by molar-refractivity contribution is 5.86. The number of H-pyrrole nitrogens is 1. The predicted molar refractivity (Wildman–Crippen MR) is 95.9 cm³/mol. The number of aliphatic hydroxyl groups excluding tert-OH is 1. The van der Waals surface area contributed by atoms with Crippen LogP contribution in [0.3, 0.4) is 0 Å². The highest BCUT2D eigenvalue weighted by atomic mass is 16.3. The average molecular weight is 329 g/mol. The van der Waals surface area contributed by atoms with Crippen molar-refractivity contribution in [3.8, 4) is 0 Å². The van der Waals surface area contributed by atoms with E-state index in [1.807, 2.05) is 17.0 Å². The quantitative estimate of drug-likeness (QED) is 0.818.